The van der Waals surface area contributed by atoms with Crippen LogP contribution in [0, 0.1) is 5.92 Å². The lowest BCUT2D eigenvalue weighted by Gasteiger charge is -2.24. The first-order valence-corrected chi connectivity index (χ1v) is 22.1. The fraction of sp³-hybridized carbons (Fsp3) is 0.0678. The Kier molecular flexibility index (Phi) is 7.43. The van der Waals surface area contributed by atoms with Crippen LogP contribution >= 0.6 is 0 Å². The first-order valence-electron chi connectivity index (χ1n) is 22.1. The van der Waals surface area contributed by atoms with Crippen LogP contribution in [-0.4, -0.2) is 10.3 Å². The maximum Gasteiger partial charge on any atom is 0.138 e. The molecule has 2 unspecified atom stereocenters. The Balaban J connectivity index is 1.02. The molecule has 0 saturated carbocycles. The predicted molar refractivity (Wildman–Crippen MR) is 264 cm³/mol. The summed E-state index contributed by atoms with van der Waals surface area (Å²) in [5, 5.41) is 11.5. The highest BCUT2D eigenvalue weighted by Gasteiger charge is 2.30. The van der Waals surface area contributed by atoms with Crippen molar-refractivity contribution in [3.05, 3.63) is 205 Å². The van der Waals surface area contributed by atoms with E-state index in [4.69, 9.17) is 18.2 Å². The molecular formula is C59H38N2O3. The van der Waals surface area contributed by atoms with Gasteiger partial charge in [-0.15, -0.1) is 0 Å². The predicted octanol–water partition coefficient (Wildman–Crippen LogP) is 16.3. The maximum atomic E-state index is 6.80. The lowest BCUT2D eigenvalue weighted by Crippen LogP contribution is -2.19. The van der Waals surface area contributed by atoms with Gasteiger partial charge in [0.05, 0.1) is 28.1 Å². The van der Waals surface area contributed by atoms with Gasteiger partial charge in [-0.1, -0.05) is 128 Å². The number of para-hydroxylation sites is 4. The Morgan fingerprint density at radius 1 is 0.469 bits per heavy atom. The van der Waals surface area contributed by atoms with Crippen molar-refractivity contribution in [1.29, 1.82) is 0 Å². The molecule has 0 N–H and O–H groups in total. The second-order valence-electron chi connectivity index (χ2n) is 17.4. The number of aromatic nitrogens is 1. The summed E-state index contributed by atoms with van der Waals surface area (Å²) in [4.78, 5) is 5.82. The van der Waals surface area contributed by atoms with Crippen LogP contribution in [0.2, 0.25) is 0 Å². The molecule has 0 radical (unpaired) electrons. The summed E-state index contributed by atoms with van der Waals surface area (Å²) in [5.41, 5.74) is 13.8. The van der Waals surface area contributed by atoms with Gasteiger partial charge in [-0.2, -0.15) is 0 Å². The van der Waals surface area contributed by atoms with Gasteiger partial charge < -0.3 is 17.8 Å². The van der Waals surface area contributed by atoms with E-state index in [2.05, 4.69) is 169 Å². The molecule has 0 aliphatic carbocycles. The van der Waals surface area contributed by atoms with Gasteiger partial charge in [0.15, 0.2) is 0 Å². The summed E-state index contributed by atoms with van der Waals surface area (Å²) in [5.74, 6) is 0.133. The molecule has 0 fully saturated rings. The van der Waals surface area contributed by atoms with Gasteiger partial charge in [-0.05, 0) is 94.9 Å². The summed E-state index contributed by atoms with van der Waals surface area (Å²) in [6.07, 6.45) is 3.13. The van der Waals surface area contributed by atoms with Gasteiger partial charge in [0, 0.05) is 60.6 Å². The number of rotatable bonds is 4. The van der Waals surface area contributed by atoms with E-state index in [0.29, 0.717) is 0 Å². The molecule has 1 aliphatic heterocycles. The van der Waals surface area contributed by atoms with Crippen LogP contribution in [0.25, 0.3) is 110 Å². The Hall–Kier alpha value is -8.15. The molecule has 64 heavy (non-hydrogen) atoms. The molecule has 13 aromatic rings. The maximum absolute atomic E-state index is 6.80. The van der Waals surface area contributed by atoms with Crippen LogP contribution in [0.5, 0.6) is 0 Å². The normalized spacial score (nSPS) is 16.0. The van der Waals surface area contributed by atoms with Crippen LogP contribution in [0.15, 0.2) is 206 Å². The first-order chi connectivity index (χ1) is 31.6. The van der Waals surface area contributed by atoms with Gasteiger partial charge in [-0.25, -0.2) is 0 Å². The fourth-order valence-electron chi connectivity index (χ4n) is 10.8. The molecule has 9 aromatic carbocycles. The van der Waals surface area contributed by atoms with Crippen molar-refractivity contribution in [2.45, 2.75) is 19.3 Å². The summed E-state index contributed by atoms with van der Waals surface area (Å²) in [6.45, 7) is 2.33. The standard InChI is InChI=1S/C59H38N2O3/c1-34-40(37-22-24-44-42-15-5-9-19-52(42)62-55(44)30-37)26-27-49(60-59(34)38-23-25-45-43-16-6-10-20-53(43)63-56(45)31-38)48-32-39(33-57-58(48)46-17-7-11-21-54(46)64-57)61-50-18-8-4-14-41(50)47-28-35-12-2-3-13-36(35)29-51(47)61/h2-25,27-34,40H,26H2,1H3. The van der Waals surface area contributed by atoms with Crippen molar-refractivity contribution in [3.8, 4) is 5.69 Å². The van der Waals surface area contributed by atoms with E-state index in [-0.39, 0.29) is 11.8 Å². The summed E-state index contributed by atoms with van der Waals surface area (Å²) >= 11 is 0. The highest BCUT2D eigenvalue weighted by molar-refractivity contribution is 6.17. The number of aliphatic imine (C=N–C) groups is 1. The van der Waals surface area contributed by atoms with E-state index < -0.39 is 0 Å². The molecule has 0 saturated heterocycles. The Labute approximate surface area is 366 Å². The van der Waals surface area contributed by atoms with Gasteiger partial charge >= 0.3 is 0 Å². The van der Waals surface area contributed by atoms with Crippen LogP contribution < -0.4 is 0 Å². The molecule has 5 nitrogen and oxygen atoms in total. The van der Waals surface area contributed by atoms with Crippen LogP contribution in [0.1, 0.15) is 36.0 Å². The third-order valence-electron chi connectivity index (χ3n) is 13.9. The molecule has 1 aliphatic rings. The minimum atomic E-state index is 0.0304. The molecule has 0 spiro atoms. The van der Waals surface area contributed by atoms with E-state index in [1.54, 1.807) is 0 Å². The lowest BCUT2D eigenvalue weighted by atomic mass is 9.80. The van der Waals surface area contributed by atoms with E-state index in [1.807, 2.05) is 30.3 Å². The molecule has 0 bridgehead atoms. The zero-order valence-corrected chi connectivity index (χ0v) is 34.9. The molecular weight excluding hydrogens is 785 g/mol. The summed E-state index contributed by atoms with van der Waals surface area (Å²) in [7, 11) is 0. The molecule has 5 heteroatoms. The minimum absolute atomic E-state index is 0.0304. The monoisotopic (exact) mass is 822 g/mol. The first kappa shape index (κ1) is 35.4. The number of furan rings is 3. The lowest BCUT2D eigenvalue weighted by molar-refractivity contribution is 0.583. The Bertz CT molecular complexity index is 4150. The highest BCUT2D eigenvalue weighted by atomic mass is 16.3. The van der Waals surface area contributed by atoms with E-state index in [9.17, 15) is 0 Å². The van der Waals surface area contributed by atoms with Gasteiger partial charge in [-0.3, -0.25) is 4.99 Å². The number of fused-ring (bicyclic) bond motifs is 13. The second kappa shape index (κ2) is 13.4. The Morgan fingerprint density at radius 3 is 1.83 bits per heavy atom. The number of benzene rings is 9. The number of nitrogens with zero attached hydrogens (tertiary/aromatic N) is 2. The largest absolute Gasteiger partial charge is 0.456 e. The van der Waals surface area contributed by atoms with Crippen molar-refractivity contribution in [1.82, 2.24) is 4.57 Å². The van der Waals surface area contributed by atoms with Crippen LogP contribution in [0.3, 0.4) is 0 Å². The topological polar surface area (TPSA) is 56.7 Å². The van der Waals surface area contributed by atoms with Gasteiger partial charge in [0.25, 0.3) is 0 Å². The van der Waals surface area contributed by atoms with E-state index >= 15 is 0 Å². The second-order valence-corrected chi connectivity index (χ2v) is 17.4. The fourth-order valence-corrected chi connectivity index (χ4v) is 10.8. The van der Waals surface area contributed by atoms with Crippen molar-refractivity contribution >= 4 is 110 Å². The zero-order valence-electron chi connectivity index (χ0n) is 34.9. The van der Waals surface area contributed by atoms with Crippen molar-refractivity contribution < 1.29 is 13.3 Å². The van der Waals surface area contributed by atoms with Crippen LogP contribution in [0.4, 0.5) is 0 Å². The van der Waals surface area contributed by atoms with Gasteiger partial charge in [0.2, 0.25) is 0 Å². The molecule has 14 rings (SSSR count). The van der Waals surface area contributed by atoms with Gasteiger partial charge in [0.1, 0.15) is 33.5 Å². The van der Waals surface area contributed by atoms with Crippen molar-refractivity contribution in [2.75, 3.05) is 0 Å². The molecule has 302 valence electrons. The van der Waals surface area contributed by atoms with E-state index in [1.165, 1.54) is 27.1 Å². The molecule has 4 aromatic heterocycles. The number of hydrogen-bond acceptors (Lipinski definition) is 4. The highest BCUT2D eigenvalue weighted by Crippen LogP contribution is 2.44. The van der Waals surface area contributed by atoms with Crippen molar-refractivity contribution in [2.24, 2.45) is 10.9 Å². The zero-order chi connectivity index (χ0) is 42.0. The van der Waals surface area contributed by atoms with E-state index in [0.717, 1.165) is 111 Å². The Morgan fingerprint density at radius 2 is 1.06 bits per heavy atom. The average molecular weight is 823 g/mol. The number of hydrogen-bond donors (Lipinski definition) is 0. The SMILES string of the molecule is CC1C(c2ccc3c(c2)oc2ccccc23)=NC(c2cc(-n3c4ccccc4c4cc5ccccc5cc43)cc3oc4ccccc4c23)=CCC1c1ccc2c(c1)oc1ccccc12. The average Bonchev–Trinajstić information content (AvgIpc) is 4.07. The molecule has 0 amide bonds. The third kappa shape index (κ3) is 5.21. The quantitative estimate of drug-likeness (QED) is 0.178. The molecule has 2 atom stereocenters. The van der Waals surface area contributed by atoms with Crippen molar-refractivity contribution in [3.63, 3.8) is 0 Å². The minimum Gasteiger partial charge on any atom is -0.456 e. The third-order valence-corrected chi connectivity index (χ3v) is 13.9. The summed E-state index contributed by atoms with van der Waals surface area (Å²) in [6, 6.07) is 64.9. The smallest absolute Gasteiger partial charge is 0.138 e. The number of allylic oxidation sites excluding steroid dienone is 1. The molecule has 5 heterocycles. The summed E-state index contributed by atoms with van der Waals surface area (Å²) < 4.78 is 22.2. The van der Waals surface area contributed by atoms with Crippen LogP contribution in [-0.2, 0) is 0 Å².